The zero-order valence-electron chi connectivity index (χ0n) is 16.8. The second-order valence-electron chi connectivity index (χ2n) is 8.06. The van der Waals surface area contributed by atoms with Crippen molar-refractivity contribution < 1.29 is 9.59 Å². The molecule has 0 bridgehead atoms. The maximum Gasteiger partial charge on any atom is 0.238 e. The van der Waals surface area contributed by atoms with E-state index in [4.69, 9.17) is 0 Å². The van der Waals surface area contributed by atoms with Crippen LogP contribution in [0.25, 0.3) is 0 Å². The van der Waals surface area contributed by atoms with Gasteiger partial charge in [0, 0.05) is 23.7 Å². The molecule has 0 spiro atoms. The van der Waals surface area contributed by atoms with Crippen LogP contribution >= 0.6 is 0 Å². The van der Waals surface area contributed by atoms with E-state index in [9.17, 15) is 9.59 Å². The zero-order valence-corrected chi connectivity index (χ0v) is 16.8. The zero-order chi connectivity index (χ0) is 20.1. The number of carbonyl (C=O) groups excluding carboxylic acids is 2. The largest absolute Gasteiger partial charge is 0.324 e. The van der Waals surface area contributed by atoms with Crippen molar-refractivity contribution in [1.82, 2.24) is 9.80 Å². The summed E-state index contributed by atoms with van der Waals surface area (Å²) >= 11 is 0. The van der Waals surface area contributed by atoms with Crippen LogP contribution in [0.15, 0.2) is 54.6 Å². The Balaban J connectivity index is 1.40. The normalized spacial score (nSPS) is 20.1. The molecule has 4 rings (SSSR count). The van der Waals surface area contributed by atoms with Crippen molar-refractivity contribution in [3.8, 4) is 0 Å². The summed E-state index contributed by atoms with van der Waals surface area (Å²) in [7, 11) is 0. The van der Waals surface area contributed by atoms with Crippen LogP contribution in [0.1, 0.15) is 41.6 Å². The van der Waals surface area contributed by atoms with E-state index < -0.39 is 0 Å². The Hall–Kier alpha value is -2.50. The lowest BCUT2D eigenvalue weighted by Crippen LogP contribution is -2.42. The van der Waals surface area contributed by atoms with E-state index in [-0.39, 0.29) is 11.7 Å². The SMILES string of the molecule is O=C(CN1CCCC1CN1CCCC1)Nc1ccccc1C(=O)c1ccccc1. The highest BCUT2D eigenvalue weighted by Crippen LogP contribution is 2.22. The molecule has 0 aromatic heterocycles. The van der Waals surface area contributed by atoms with Crippen LogP contribution < -0.4 is 5.32 Å². The summed E-state index contributed by atoms with van der Waals surface area (Å²) in [6, 6.07) is 16.9. The summed E-state index contributed by atoms with van der Waals surface area (Å²) in [5, 5.41) is 2.99. The van der Waals surface area contributed by atoms with Gasteiger partial charge in [0.25, 0.3) is 0 Å². The number of nitrogens with zero attached hydrogens (tertiary/aromatic N) is 2. The number of rotatable bonds is 7. The van der Waals surface area contributed by atoms with E-state index in [1.807, 2.05) is 30.3 Å². The quantitative estimate of drug-likeness (QED) is 0.735. The summed E-state index contributed by atoms with van der Waals surface area (Å²) in [6.07, 6.45) is 4.89. The highest BCUT2D eigenvalue weighted by Gasteiger charge is 2.29. The van der Waals surface area contributed by atoms with Crippen molar-refractivity contribution >= 4 is 17.4 Å². The Morgan fingerprint density at radius 2 is 1.62 bits per heavy atom. The molecule has 1 atom stereocenters. The average molecular weight is 392 g/mol. The van der Waals surface area contributed by atoms with Gasteiger partial charge in [-0.3, -0.25) is 14.5 Å². The minimum atomic E-state index is -0.0745. The van der Waals surface area contributed by atoms with Gasteiger partial charge in [0.2, 0.25) is 5.91 Å². The van der Waals surface area contributed by atoms with Gasteiger partial charge in [-0.2, -0.15) is 0 Å². The molecule has 1 N–H and O–H groups in total. The molecular weight excluding hydrogens is 362 g/mol. The fourth-order valence-corrected chi connectivity index (χ4v) is 4.48. The minimum Gasteiger partial charge on any atom is -0.324 e. The van der Waals surface area contributed by atoms with Crippen LogP contribution in [0, 0.1) is 0 Å². The third kappa shape index (κ3) is 4.92. The predicted octanol–water partition coefficient (Wildman–Crippen LogP) is 3.42. The molecule has 0 radical (unpaired) electrons. The van der Waals surface area contributed by atoms with E-state index in [1.54, 1.807) is 24.3 Å². The molecular formula is C24H29N3O2. The van der Waals surface area contributed by atoms with Gasteiger partial charge in [-0.05, 0) is 57.5 Å². The number of hydrogen-bond acceptors (Lipinski definition) is 4. The molecule has 2 saturated heterocycles. The summed E-state index contributed by atoms with van der Waals surface area (Å²) in [6.45, 7) is 4.79. The summed E-state index contributed by atoms with van der Waals surface area (Å²) in [4.78, 5) is 30.5. The van der Waals surface area contributed by atoms with Gasteiger partial charge >= 0.3 is 0 Å². The van der Waals surface area contributed by atoms with Crippen molar-refractivity contribution in [2.75, 3.05) is 38.0 Å². The first-order valence-electron chi connectivity index (χ1n) is 10.7. The Bertz CT molecular complexity index is 846. The molecule has 0 aliphatic carbocycles. The van der Waals surface area contributed by atoms with Gasteiger partial charge in [-0.25, -0.2) is 0 Å². The van der Waals surface area contributed by atoms with Crippen LogP contribution in [0.3, 0.4) is 0 Å². The van der Waals surface area contributed by atoms with E-state index in [0.717, 1.165) is 25.9 Å². The van der Waals surface area contributed by atoms with Crippen LogP contribution in [0.2, 0.25) is 0 Å². The Morgan fingerprint density at radius 1 is 0.897 bits per heavy atom. The van der Waals surface area contributed by atoms with Gasteiger partial charge in [0.1, 0.15) is 0 Å². The number of carbonyl (C=O) groups is 2. The fourth-order valence-electron chi connectivity index (χ4n) is 4.48. The standard InChI is InChI=1S/C24H29N3O2/c28-23(18-27-16-8-11-20(27)17-26-14-6-7-15-26)25-22-13-5-4-12-21(22)24(29)19-9-2-1-3-10-19/h1-5,9-10,12-13,20H,6-8,11,14-18H2,(H,25,28). The van der Waals surface area contributed by atoms with E-state index in [2.05, 4.69) is 15.1 Å². The summed E-state index contributed by atoms with van der Waals surface area (Å²) < 4.78 is 0. The van der Waals surface area contributed by atoms with Crippen molar-refractivity contribution in [1.29, 1.82) is 0 Å². The maximum atomic E-state index is 12.9. The molecule has 2 aliphatic rings. The highest BCUT2D eigenvalue weighted by atomic mass is 16.2. The van der Waals surface area contributed by atoms with Crippen molar-refractivity contribution in [3.63, 3.8) is 0 Å². The van der Waals surface area contributed by atoms with Crippen LogP contribution in [0.5, 0.6) is 0 Å². The highest BCUT2D eigenvalue weighted by molar-refractivity contribution is 6.13. The molecule has 152 valence electrons. The third-order valence-electron chi connectivity index (χ3n) is 6.00. The molecule has 1 amide bonds. The Morgan fingerprint density at radius 3 is 2.41 bits per heavy atom. The lowest BCUT2D eigenvalue weighted by molar-refractivity contribution is -0.117. The first kappa shape index (κ1) is 19.8. The fraction of sp³-hybridized carbons (Fsp3) is 0.417. The number of para-hydroxylation sites is 1. The van der Waals surface area contributed by atoms with E-state index >= 15 is 0 Å². The molecule has 5 heteroatoms. The average Bonchev–Trinajstić information content (AvgIpc) is 3.41. The third-order valence-corrected chi connectivity index (χ3v) is 6.00. The topological polar surface area (TPSA) is 52.7 Å². The minimum absolute atomic E-state index is 0.0494. The van der Waals surface area contributed by atoms with Gasteiger partial charge in [0.15, 0.2) is 5.78 Å². The van der Waals surface area contributed by atoms with Crippen molar-refractivity contribution in [2.45, 2.75) is 31.7 Å². The number of nitrogens with one attached hydrogen (secondary N) is 1. The molecule has 2 aromatic carbocycles. The second-order valence-corrected chi connectivity index (χ2v) is 8.06. The number of anilines is 1. The lowest BCUT2D eigenvalue weighted by atomic mass is 10.0. The first-order valence-corrected chi connectivity index (χ1v) is 10.7. The molecule has 0 saturated carbocycles. The number of amides is 1. The first-order chi connectivity index (χ1) is 14.2. The maximum absolute atomic E-state index is 12.9. The molecule has 1 unspecified atom stereocenters. The van der Waals surface area contributed by atoms with Crippen LogP contribution in [-0.4, -0.2) is 60.3 Å². The number of hydrogen-bond donors (Lipinski definition) is 1. The number of likely N-dealkylation sites (tertiary alicyclic amines) is 2. The van der Waals surface area contributed by atoms with Crippen LogP contribution in [0.4, 0.5) is 5.69 Å². The Kier molecular flexibility index (Phi) is 6.37. The molecule has 2 fully saturated rings. The molecule has 29 heavy (non-hydrogen) atoms. The Labute approximate surface area is 172 Å². The van der Waals surface area contributed by atoms with Gasteiger partial charge in [-0.15, -0.1) is 0 Å². The van der Waals surface area contributed by atoms with Gasteiger partial charge in [0.05, 0.1) is 12.2 Å². The van der Waals surface area contributed by atoms with E-state index in [1.165, 1.54) is 25.9 Å². The molecule has 2 aliphatic heterocycles. The van der Waals surface area contributed by atoms with Gasteiger partial charge in [-0.1, -0.05) is 42.5 Å². The van der Waals surface area contributed by atoms with Crippen molar-refractivity contribution in [3.05, 3.63) is 65.7 Å². The smallest absolute Gasteiger partial charge is 0.238 e. The van der Waals surface area contributed by atoms with Crippen molar-refractivity contribution in [2.24, 2.45) is 0 Å². The summed E-state index contributed by atoms with van der Waals surface area (Å²) in [5.41, 5.74) is 1.74. The monoisotopic (exact) mass is 391 g/mol. The summed E-state index contributed by atoms with van der Waals surface area (Å²) in [5.74, 6) is -0.124. The molecule has 2 heterocycles. The molecule has 2 aromatic rings. The number of benzene rings is 2. The number of ketones is 1. The predicted molar refractivity (Wildman–Crippen MR) is 115 cm³/mol. The lowest BCUT2D eigenvalue weighted by Gasteiger charge is -2.28. The van der Waals surface area contributed by atoms with Gasteiger partial charge < -0.3 is 10.2 Å². The molecule has 5 nitrogen and oxygen atoms in total. The van der Waals surface area contributed by atoms with Crippen LogP contribution in [-0.2, 0) is 4.79 Å². The second kappa shape index (κ2) is 9.33. The van der Waals surface area contributed by atoms with E-state index in [0.29, 0.717) is 29.4 Å².